The Hall–Kier alpha value is -0.300. The molecule has 3 fully saturated rings. The number of hydrogen-bond donors (Lipinski definition) is 0. The zero-order valence-corrected chi connectivity index (χ0v) is 13.6. The average molecular weight is 274 g/mol. The maximum absolute atomic E-state index is 5.77. The zero-order valence-electron chi connectivity index (χ0n) is 13.6. The Bertz CT molecular complexity index is 464. The molecule has 0 saturated heterocycles. The van der Waals surface area contributed by atoms with Crippen molar-refractivity contribution in [2.45, 2.75) is 71.6 Å². The van der Waals surface area contributed by atoms with Gasteiger partial charge in [-0.25, -0.2) is 0 Å². The van der Waals surface area contributed by atoms with E-state index in [1.165, 1.54) is 57.8 Å². The monoisotopic (exact) mass is 274 g/mol. The highest BCUT2D eigenvalue weighted by Gasteiger charge is 2.72. The summed E-state index contributed by atoms with van der Waals surface area (Å²) in [4.78, 5) is 0. The summed E-state index contributed by atoms with van der Waals surface area (Å²) in [6.45, 7) is 6.09. The molecule has 4 aliphatic rings. The largest absolute Gasteiger partial charge is 0.384 e. The summed E-state index contributed by atoms with van der Waals surface area (Å²) in [5.74, 6) is 0.981. The maximum atomic E-state index is 5.77. The van der Waals surface area contributed by atoms with E-state index in [1.54, 1.807) is 5.57 Å². The van der Waals surface area contributed by atoms with E-state index in [4.69, 9.17) is 4.74 Å². The summed E-state index contributed by atoms with van der Waals surface area (Å²) in [7, 11) is 1.92. The fraction of sp³-hybridized carbons (Fsp3) is 0.895. The highest BCUT2D eigenvalue weighted by molar-refractivity contribution is 5.41. The molecule has 4 aliphatic carbocycles. The molecule has 0 aliphatic heterocycles. The Labute approximate surface area is 124 Å². The predicted molar refractivity (Wildman–Crippen MR) is 82.6 cm³/mol. The molecule has 0 aromatic carbocycles. The van der Waals surface area contributed by atoms with Gasteiger partial charge in [0.05, 0.1) is 6.61 Å². The van der Waals surface area contributed by atoms with E-state index in [9.17, 15) is 0 Å². The average Bonchev–Trinajstić information content (AvgIpc) is 2.73. The Morgan fingerprint density at radius 1 is 1.15 bits per heavy atom. The molecule has 112 valence electrons. The van der Waals surface area contributed by atoms with Gasteiger partial charge in [0.1, 0.15) is 0 Å². The summed E-state index contributed by atoms with van der Waals surface area (Å²) in [5.41, 5.74) is 5.21. The Kier molecular flexibility index (Phi) is 2.76. The van der Waals surface area contributed by atoms with Gasteiger partial charge in [-0.15, -0.1) is 0 Å². The van der Waals surface area contributed by atoms with Crippen molar-refractivity contribution >= 4 is 0 Å². The molecule has 4 bridgehead atoms. The number of hydrogen-bond acceptors (Lipinski definition) is 1. The summed E-state index contributed by atoms with van der Waals surface area (Å²) in [5, 5.41) is 0. The molecule has 1 nitrogen and oxygen atoms in total. The van der Waals surface area contributed by atoms with Crippen LogP contribution in [0, 0.1) is 22.2 Å². The maximum Gasteiger partial charge on any atom is 0.0527 e. The lowest BCUT2D eigenvalue weighted by molar-refractivity contribution is -0.117. The van der Waals surface area contributed by atoms with Crippen LogP contribution in [0.5, 0.6) is 0 Å². The molecular formula is C19H30O. The van der Waals surface area contributed by atoms with Crippen LogP contribution in [0.2, 0.25) is 0 Å². The lowest BCUT2D eigenvalue weighted by atomic mass is 9.46. The molecule has 0 radical (unpaired) electrons. The molecule has 1 spiro atoms. The number of methoxy groups -OCH3 is 1. The van der Waals surface area contributed by atoms with Crippen molar-refractivity contribution in [3.05, 3.63) is 11.1 Å². The van der Waals surface area contributed by atoms with Gasteiger partial charge < -0.3 is 4.74 Å². The van der Waals surface area contributed by atoms with Crippen molar-refractivity contribution in [1.82, 2.24) is 0 Å². The minimum atomic E-state index is 0.458. The van der Waals surface area contributed by atoms with Crippen LogP contribution >= 0.6 is 0 Å². The molecule has 0 amide bonds. The third-order valence-corrected chi connectivity index (χ3v) is 8.19. The summed E-state index contributed by atoms with van der Waals surface area (Å²) < 4.78 is 5.77. The third-order valence-electron chi connectivity index (χ3n) is 8.19. The smallest absolute Gasteiger partial charge is 0.0527 e. The van der Waals surface area contributed by atoms with Crippen LogP contribution in [0.15, 0.2) is 11.1 Å². The van der Waals surface area contributed by atoms with Gasteiger partial charge in [0, 0.05) is 17.9 Å². The SMILES string of the molecule is COCC12CCC3CCCCC1(C)C31CCC(C)=C1C2. The topological polar surface area (TPSA) is 9.23 Å². The minimum absolute atomic E-state index is 0.458. The second kappa shape index (κ2) is 4.12. The second-order valence-corrected chi connectivity index (χ2v) is 8.43. The van der Waals surface area contributed by atoms with E-state index < -0.39 is 0 Å². The van der Waals surface area contributed by atoms with Crippen molar-refractivity contribution in [2.75, 3.05) is 13.7 Å². The van der Waals surface area contributed by atoms with E-state index in [-0.39, 0.29) is 0 Å². The van der Waals surface area contributed by atoms with Gasteiger partial charge in [0.25, 0.3) is 0 Å². The van der Waals surface area contributed by atoms with Crippen LogP contribution in [0.3, 0.4) is 0 Å². The highest BCUT2D eigenvalue weighted by Crippen LogP contribution is 2.80. The van der Waals surface area contributed by atoms with Crippen molar-refractivity contribution in [2.24, 2.45) is 22.2 Å². The predicted octanol–water partition coefficient (Wildman–Crippen LogP) is 5.11. The molecule has 0 aromatic heterocycles. The molecule has 4 atom stereocenters. The van der Waals surface area contributed by atoms with E-state index in [0.29, 0.717) is 16.2 Å². The molecule has 3 saturated carbocycles. The highest BCUT2D eigenvalue weighted by atomic mass is 16.5. The summed E-state index contributed by atoms with van der Waals surface area (Å²) >= 11 is 0. The Morgan fingerprint density at radius 3 is 2.80 bits per heavy atom. The van der Waals surface area contributed by atoms with Crippen molar-refractivity contribution in [3.8, 4) is 0 Å². The van der Waals surface area contributed by atoms with Crippen molar-refractivity contribution in [3.63, 3.8) is 0 Å². The first kappa shape index (κ1) is 13.4. The van der Waals surface area contributed by atoms with E-state index in [1.807, 2.05) is 12.7 Å². The van der Waals surface area contributed by atoms with Gasteiger partial charge in [-0.2, -0.15) is 0 Å². The van der Waals surface area contributed by atoms with Crippen LogP contribution in [0.1, 0.15) is 71.6 Å². The van der Waals surface area contributed by atoms with Crippen LogP contribution in [0.4, 0.5) is 0 Å². The van der Waals surface area contributed by atoms with Crippen LogP contribution in [-0.4, -0.2) is 13.7 Å². The first-order chi connectivity index (χ1) is 9.60. The Balaban J connectivity index is 1.93. The second-order valence-electron chi connectivity index (χ2n) is 8.43. The van der Waals surface area contributed by atoms with Crippen LogP contribution in [-0.2, 0) is 4.74 Å². The summed E-state index contributed by atoms with van der Waals surface area (Å²) in [6.07, 6.45) is 12.9. The van der Waals surface area contributed by atoms with E-state index >= 15 is 0 Å². The zero-order chi connectivity index (χ0) is 14.0. The quantitative estimate of drug-likeness (QED) is 0.636. The van der Waals surface area contributed by atoms with Gasteiger partial charge in [-0.1, -0.05) is 30.9 Å². The molecule has 0 N–H and O–H groups in total. The number of ether oxygens (including phenoxy) is 1. The Morgan fingerprint density at radius 2 is 2.00 bits per heavy atom. The molecule has 0 heterocycles. The number of rotatable bonds is 2. The van der Waals surface area contributed by atoms with Gasteiger partial charge >= 0.3 is 0 Å². The first-order valence-corrected chi connectivity index (χ1v) is 8.78. The minimum Gasteiger partial charge on any atom is -0.384 e. The first-order valence-electron chi connectivity index (χ1n) is 8.78. The van der Waals surface area contributed by atoms with Gasteiger partial charge in [0.15, 0.2) is 0 Å². The lowest BCUT2D eigenvalue weighted by Crippen LogP contribution is -2.53. The molecule has 1 heteroatoms. The van der Waals surface area contributed by atoms with Gasteiger partial charge in [-0.3, -0.25) is 0 Å². The molecule has 20 heavy (non-hydrogen) atoms. The summed E-state index contributed by atoms with van der Waals surface area (Å²) in [6, 6.07) is 0. The third kappa shape index (κ3) is 1.26. The molecule has 0 aromatic rings. The van der Waals surface area contributed by atoms with Crippen molar-refractivity contribution in [1.29, 1.82) is 0 Å². The van der Waals surface area contributed by atoms with E-state index in [0.717, 1.165) is 12.5 Å². The van der Waals surface area contributed by atoms with Gasteiger partial charge in [-0.05, 0) is 63.2 Å². The van der Waals surface area contributed by atoms with Crippen LogP contribution in [0.25, 0.3) is 0 Å². The molecular weight excluding hydrogens is 244 g/mol. The molecule has 4 unspecified atom stereocenters. The fourth-order valence-electron chi connectivity index (χ4n) is 7.26. The van der Waals surface area contributed by atoms with E-state index in [2.05, 4.69) is 13.8 Å². The van der Waals surface area contributed by atoms with Gasteiger partial charge in [0.2, 0.25) is 0 Å². The molecule has 4 rings (SSSR count). The normalized spacial score (nSPS) is 50.2. The number of allylic oxidation sites excluding steroid dienone is 2. The lowest BCUT2D eigenvalue weighted by Gasteiger charge is -2.58. The standard InChI is InChI=1S/C19H30O/c1-14-7-11-19-15-6-4-5-9-17(19,2)18(10-8-15,13-20-3)12-16(14)19/h15H,4-13H2,1-3H3. The van der Waals surface area contributed by atoms with Crippen LogP contribution < -0.4 is 0 Å². The fourth-order valence-corrected chi connectivity index (χ4v) is 7.26. The van der Waals surface area contributed by atoms with Crippen molar-refractivity contribution < 1.29 is 4.74 Å².